The van der Waals surface area contributed by atoms with E-state index in [9.17, 15) is 23.1 Å². The number of carbonyl (C=O) groups excluding carboxylic acids is 1. The van der Waals surface area contributed by atoms with Crippen molar-refractivity contribution >= 4 is 5.91 Å². The van der Waals surface area contributed by atoms with Gasteiger partial charge in [0.1, 0.15) is 5.75 Å². The highest BCUT2D eigenvalue weighted by Gasteiger charge is 2.37. The fraction of sp³-hybridized carbons (Fsp3) is 0.111. The van der Waals surface area contributed by atoms with Crippen molar-refractivity contribution in [3.63, 3.8) is 0 Å². The lowest BCUT2D eigenvalue weighted by Gasteiger charge is -2.09. The third kappa shape index (κ3) is 3.85. The normalized spacial score (nSPS) is 11.3. The molecular formula is C18H14F3N3O2. The molecule has 0 aliphatic heterocycles. The van der Waals surface area contributed by atoms with Crippen molar-refractivity contribution in [3.05, 3.63) is 71.8 Å². The summed E-state index contributed by atoms with van der Waals surface area (Å²) in [5.41, 5.74) is 0.418. The number of halogens is 3. The second-order valence-corrected chi connectivity index (χ2v) is 5.56. The van der Waals surface area contributed by atoms with E-state index in [0.717, 1.165) is 17.5 Å². The summed E-state index contributed by atoms with van der Waals surface area (Å²) in [7, 11) is 0. The van der Waals surface area contributed by atoms with E-state index in [1.54, 1.807) is 36.4 Å². The summed E-state index contributed by atoms with van der Waals surface area (Å²) in [6.07, 6.45) is -3.85. The van der Waals surface area contributed by atoms with Crippen LogP contribution in [0.4, 0.5) is 13.2 Å². The first-order valence-electron chi connectivity index (χ1n) is 7.61. The highest BCUT2D eigenvalue weighted by atomic mass is 19.4. The third-order valence-electron chi connectivity index (χ3n) is 3.70. The number of rotatable bonds is 4. The maximum atomic E-state index is 12.8. The first kappa shape index (κ1) is 17.5. The average molecular weight is 361 g/mol. The monoisotopic (exact) mass is 361 g/mol. The predicted octanol–water partition coefficient (Wildman–Crippen LogP) is 3.73. The summed E-state index contributed by atoms with van der Waals surface area (Å²) in [6.45, 7) is 0.0373. The van der Waals surface area contributed by atoms with Gasteiger partial charge in [0.25, 0.3) is 5.91 Å². The van der Waals surface area contributed by atoms with E-state index < -0.39 is 23.5 Å². The van der Waals surface area contributed by atoms with Crippen molar-refractivity contribution in [2.24, 2.45) is 0 Å². The van der Waals surface area contributed by atoms with E-state index in [2.05, 4.69) is 10.3 Å². The highest BCUT2D eigenvalue weighted by molar-refractivity contribution is 5.93. The zero-order chi connectivity index (χ0) is 18.7. The maximum Gasteiger partial charge on any atom is 0.433 e. The summed E-state index contributed by atoms with van der Waals surface area (Å²) in [6, 6.07) is 13.8. The molecule has 8 heteroatoms. The molecule has 1 aromatic heterocycles. The Labute approximate surface area is 146 Å². The molecule has 3 N–H and O–H groups in total. The first-order chi connectivity index (χ1) is 12.3. The molecule has 0 aliphatic rings. The quantitative estimate of drug-likeness (QED) is 0.663. The van der Waals surface area contributed by atoms with Crippen LogP contribution in [0.1, 0.15) is 21.7 Å². The number of hydrogen-bond acceptors (Lipinski definition) is 3. The van der Waals surface area contributed by atoms with Gasteiger partial charge < -0.3 is 15.4 Å². The molecule has 2 aromatic carbocycles. The maximum absolute atomic E-state index is 12.8. The Morgan fingerprint density at radius 1 is 1.12 bits per heavy atom. The number of nitrogens with zero attached hydrogens (tertiary/aromatic N) is 1. The number of phenolic OH excluding ortho intramolecular Hbond substituents is 1. The molecule has 0 aliphatic carbocycles. The van der Waals surface area contributed by atoms with Crippen molar-refractivity contribution in [3.8, 4) is 16.9 Å². The Morgan fingerprint density at radius 2 is 1.81 bits per heavy atom. The van der Waals surface area contributed by atoms with Gasteiger partial charge in [0.05, 0.1) is 6.33 Å². The lowest BCUT2D eigenvalue weighted by atomic mass is 10.0. The highest BCUT2D eigenvalue weighted by Crippen LogP contribution is 2.29. The molecule has 0 spiro atoms. The number of carbonyl (C=O) groups is 1. The van der Waals surface area contributed by atoms with Crippen LogP contribution in [0.5, 0.6) is 5.75 Å². The Balaban J connectivity index is 1.74. The number of aromatic nitrogens is 2. The van der Waals surface area contributed by atoms with Gasteiger partial charge in [-0.05, 0) is 34.9 Å². The van der Waals surface area contributed by atoms with Gasteiger partial charge in [0.15, 0.2) is 11.4 Å². The smallest absolute Gasteiger partial charge is 0.433 e. The number of imidazole rings is 1. The molecule has 26 heavy (non-hydrogen) atoms. The number of alkyl halides is 3. The Morgan fingerprint density at radius 3 is 2.50 bits per heavy atom. The summed E-state index contributed by atoms with van der Waals surface area (Å²) in [5, 5.41) is 12.0. The molecule has 0 saturated heterocycles. The molecule has 0 bridgehead atoms. The second-order valence-electron chi connectivity index (χ2n) is 5.56. The van der Waals surface area contributed by atoms with Crippen LogP contribution in [0.15, 0.2) is 54.9 Å². The topological polar surface area (TPSA) is 78.0 Å². The fourth-order valence-corrected chi connectivity index (χ4v) is 2.49. The molecule has 0 saturated carbocycles. The van der Waals surface area contributed by atoms with Crippen LogP contribution in [-0.4, -0.2) is 21.0 Å². The van der Waals surface area contributed by atoms with Gasteiger partial charge in [-0.15, -0.1) is 0 Å². The zero-order valence-corrected chi connectivity index (χ0v) is 13.3. The molecule has 3 rings (SSSR count). The molecule has 134 valence electrons. The minimum Gasteiger partial charge on any atom is -0.508 e. The van der Waals surface area contributed by atoms with E-state index in [1.165, 1.54) is 0 Å². The van der Waals surface area contributed by atoms with E-state index in [0.29, 0.717) is 5.56 Å². The van der Waals surface area contributed by atoms with E-state index >= 15 is 0 Å². The second kappa shape index (κ2) is 6.91. The largest absolute Gasteiger partial charge is 0.508 e. The van der Waals surface area contributed by atoms with Crippen LogP contribution in [-0.2, 0) is 12.7 Å². The average Bonchev–Trinajstić information content (AvgIpc) is 3.10. The summed E-state index contributed by atoms with van der Waals surface area (Å²) in [4.78, 5) is 17.4. The predicted molar refractivity (Wildman–Crippen MR) is 88.3 cm³/mol. The molecule has 0 unspecified atom stereocenters. The van der Waals surface area contributed by atoms with Gasteiger partial charge in [-0.2, -0.15) is 13.2 Å². The zero-order valence-electron chi connectivity index (χ0n) is 13.3. The number of hydrogen-bond donors (Lipinski definition) is 3. The molecule has 5 nitrogen and oxygen atoms in total. The summed E-state index contributed by atoms with van der Waals surface area (Å²) in [5.74, 6) is -0.791. The number of benzene rings is 2. The number of nitrogens with one attached hydrogen (secondary N) is 2. The number of amides is 1. The Hall–Kier alpha value is -3.29. The third-order valence-corrected chi connectivity index (χ3v) is 3.70. The first-order valence-corrected chi connectivity index (χ1v) is 7.61. The number of H-pyrrole nitrogens is 1. The molecule has 0 fully saturated rings. The lowest BCUT2D eigenvalue weighted by molar-refractivity contribution is -0.141. The van der Waals surface area contributed by atoms with Crippen LogP contribution in [0.25, 0.3) is 11.1 Å². The van der Waals surface area contributed by atoms with E-state index in [1.807, 2.05) is 17.1 Å². The van der Waals surface area contributed by atoms with Gasteiger partial charge in [-0.3, -0.25) is 4.79 Å². The molecule has 0 radical (unpaired) electrons. The van der Waals surface area contributed by atoms with Gasteiger partial charge in [0.2, 0.25) is 0 Å². The molecule has 3 aromatic rings. The van der Waals surface area contributed by atoms with Gasteiger partial charge in [-0.1, -0.05) is 30.3 Å². The molecule has 1 heterocycles. The number of phenols is 1. The van der Waals surface area contributed by atoms with Gasteiger partial charge >= 0.3 is 6.18 Å². The Kier molecular flexibility index (Phi) is 4.66. The SMILES string of the molecule is O=C(NCc1cccc(-c2cccc(O)c2)c1)c1nc[nH]c1C(F)(F)F. The van der Waals surface area contributed by atoms with E-state index in [-0.39, 0.29) is 12.3 Å². The van der Waals surface area contributed by atoms with Crippen molar-refractivity contribution in [2.75, 3.05) is 0 Å². The molecule has 1 amide bonds. The number of aromatic hydroxyl groups is 1. The van der Waals surface area contributed by atoms with Crippen LogP contribution in [0.2, 0.25) is 0 Å². The lowest BCUT2D eigenvalue weighted by Crippen LogP contribution is -2.26. The minimum atomic E-state index is -4.68. The van der Waals surface area contributed by atoms with Crippen LogP contribution < -0.4 is 5.32 Å². The van der Waals surface area contributed by atoms with Crippen molar-refractivity contribution in [2.45, 2.75) is 12.7 Å². The summed E-state index contributed by atoms with van der Waals surface area (Å²) < 4.78 is 38.4. The van der Waals surface area contributed by atoms with Gasteiger partial charge in [-0.25, -0.2) is 4.98 Å². The molecular weight excluding hydrogens is 347 g/mol. The standard InChI is InChI=1S/C18H14F3N3O2/c19-18(20,21)16-15(23-10-24-16)17(26)22-9-11-3-1-4-12(7-11)13-5-2-6-14(25)8-13/h1-8,10,25H,9H2,(H,22,26)(H,23,24). The Bertz CT molecular complexity index is 935. The van der Waals surface area contributed by atoms with Crippen molar-refractivity contribution in [1.29, 1.82) is 0 Å². The minimum absolute atomic E-state index is 0.0373. The number of aromatic amines is 1. The summed E-state index contributed by atoms with van der Waals surface area (Å²) >= 11 is 0. The molecule has 0 atom stereocenters. The van der Waals surface area contributed by atoms with Gasteiger partial charge in [0, 0.05) is 6.54 Å². The van der Waals surface area contributed by atoms with Crippen molar-refractivity contribution in [1.82, 2.24) is 15.3 Å². The van der Waals surface area contributed by atoms with Crippen LogP contribution >= 0.6 is 0 Å². The van der Waals surface area contributed by atoms with E-state index in [4.69, 9.17) is 0 Å². The fourth-order valence-electron chi connectivity index (χ4n) is 2.49. The van der Waals surface area contributed by atoms with Crippen LogP contribution in [0.3, 0.4) is 0 Å². The van der Waals surface area contributed by atoms with Crippen molar-refractivity contribution < 1.29 is 23.1 Å². The van der Waals surface area contributed by atoms with Crippen LogP contribution in [0, 0.1) is 0 Å².